The number of aryl methyl sites for hydroxylation is 2. The Morgan fingerprint density at radius 2 is 1.49 bits per heavy atom. The molecule has 0 bridgehead atoms. The van der Waals surface area contributed by atoms with Gasteiger partial charge in [-0.05, 0) is 53.1 Å². The molecule has 0 fully saturated rings. The van der Waals surface area contributed by atoms with Gasteiger partial charge in [0.2, 0.25) is 0 Å². The summed E-state index contributed by atoms with van der Waals surface area (Å²) in [5, 5.41) is 1.43. The van der Waals surface area contributed by atoms with Gasteiger partial charge in [0.25, 0.3) is 0 Å². The highest BCUT2D eigenvalue weighted by Crippen LogP contribution is 2.46. The minimum absolute atomic E-state index is 0.278. The molecule has 5 nitrogen and oxygen atoms in total. The molecular formula is C31H30O5S. The fraction of sp³-hybridized carbons (Fsp3) is 0.226. The van der Waals surface area contributed by atoms with Gasteiger partial charge in [-0.15, -0.1) is 0 Å². The van der Waals surface area contributed by atoms with E-state index in [-0.39, 0.29) is 5.75 Å². The third-order valence-electron chi connectivity index (χ3n) is 6.26. The molecule has 0 heterocycles. The zero-order chi connectivity index (χ0) is 26.5. The number of carbonyl (C=O) groups excluding carboxylic acids is 2. The van der Waals surface area contributed by atoms with E-state index in [0.717, 1.165) is 28.7 Å². The van der Waals surface area contributed by atoms with E-state index < -0.39 is 11.9 Å². The average Bonchev–Trinajstić information content (AvgIpc) is 2.92. The van der Waals surface area contributed by atoms with Crippen LogP contribution >= 0.6 is 11.8 Å². The molecule has 0 saturated heterocycles. The maximum Gasteiger partial charge on any atom is 0.338 e. The highest BCUT2D eigenvalue weighted by molar-refractivity contribution is 7.99. The fourth-order valence-electron chi connectivity index (χ4n) is 4.50. The molecule has 0 aliphatic rings. The molecule has 0 atom stereocenters. The quantitative estimate of drug-likeness (QED) is 0.179. The van der Waals surface area contributed by atoms with Crippen LogP contribution in [0.5, 0.6) is 11.5 Å². The minimum Gasteiger partial charge on any atom is -0.496 e. The lowest BCUT2D eigenvalue weighted by Gasteiger charge is -2.19. The number of hydrogen-bond donors (Lipinski definition) is 0. The molecule has 37 heavy (non-hydrogen) atoms. The average molecular weight is 515 g/mol. The number of ether oxygens (including phenoxy) is 3. The third-order valence-corrected chi connectivity index (χ3v) is 7.52. The molecule has 0 saturated carbocycles. The lowest BCUT2D eigenvalue weighted by Crippen LogP contribution is -2.08. The van der Waals surface area contributed by atoms with Crippen molar-refractivity contribution in [2.45, 2.75) is 43.4 Å². The van der Waals surface area contributed by atoms with Crippen LogP contribution in [0.15, 0.2) is 76.5 Å². The predicted octanol–water partition coefficient (Wildman–Crippen LogP) is 7.50. The van der Waals surface area contributed by atoms with Gasteiger partial charge in [-0.2, -0.15) is 0 Å². The third kappa shape index (κ3) is 5.35. The highest BCUT2D eigenvalue weighted by atomic mass is 32.2. The van der Waals surface area contributed by atoms with Gasteiger partial charge in [0, 0.05) is 22.8 Å². The molecule has 4 aromatic rings. The van der Waals surface area contributed by atoms with Crippen molar-refractivity contribution in [2.75, 3.05) is 14.2 Å². The minimum atomic E-state index is -0.510. The van der Waals surface area contributed by atoms with Gasteiger partial charge in [-0.3, -0.25) is 4.79 Å². The summed E-state index contributed by atoms with van der Waals surface area (Å²) in [7, 11) is 2.97. The normalized spacial score (nSPS) is 10.8. The number of hydrogen-bond acceptors (Lipinski definition) is 6. The van der Waals surface area contributed by atoms with Gasteiger partial charge in [0.1, 0.15) is 11.5 Å². The molecule has 0 aromatic heterocycles. The van der Waals surface area contributed by atoms with Crippen LogP contribution in [0.3, 0.4) is 0 Å². The van der Waals surface area contributed by atoms with Crippen molar-refractivity contribution in [3.63, 3.8) is 0 Å². The second kappa shape index (κ2) is 11.5. The highest BCUT2D eigenvalue weighted by Gasteiger charge is 2.23. The van der Waals surface area contributed by atoms with E-state index in [1.165, 1.54) is 30.1 Å². The van der Waals surface area contributed by atoms with Gasteiger partial charge in [-0.25, -0.2) is 4.79 Å². The SMILES string of the molecule is CCc1cccc(CC)c1Sc1cc2c(-c3ccccc3)c(C(=O)OC)cc(OC(C)=O)c2cc1OC. The first-order valence-electron chi connectivity index (χ1n) is 12.2. The topological polar surface area (TPSA) is 61.8 Å². The number of carbonyl (C=O) groups is 2. The number of fused-ring (bicyclic) bond motifs is 1. The Hall–Kier alpha value is -3.77. The summed E-state index contributed by atoms with van der Waals surface area (Å²) < 4.78 is 16.5. The van der Waals surface area contributed by atoms with Crippen molar-refractivity contribution < 1.29 is 23.8 Å². The molecule has 0 spiro atoms. The van der Waals surface area contributed by atoms with Crippen molar-refractivity contribution in [3.05, 3.63) is 83.4 Å². The molecule has 6 heteroatoms. The van der Waals surface area contributed by atoms with Crippen LogP contribution in [0.25, 0.3) is 21.9 Å². The van der Waals surface area contributed by atoms with Crippen LogP contribution in [-0.4, -0.2) is 26.2 Å². The van der Waals surface area contributed by atoms with Crippen molar-refractivity contribution >= 4 is 34.5 Å². The van der Waals surface area contributed by atoms with Crippen LogP contribution in [0.1, 0.15) is 42.3 Å². The Morgan fingerprint density at radius 1 is 0.811 bits per heavy atom. The van der Waals surface area contributed by atoms with Gasteiger partial charge in [0.05, 0.1) is 24.7 Å². The summed E-state index contributed by atoms with van der Waals surface area (Å²) in [6.07, 6.45) is 1.81. The van der Waals surface area contributed by atoms with E-state index in [4.69, 9.17) is 14.2 Å². The van der Waals surface area contributed by atoms with Gasteiger partial charge < -0.3 is 14.2 Å². The first-order valence-corrected chi connectivity index (χ1v) is 13.0. The van der Waals surface area contributed by atoms with Gasteiger partial charge in [-0.1, -0.05) is 74.1 Å². The van der Waals surface area contributed by atoms with Crippen molar-refractivity contribution in [1.82, 2.24) is 0 Å². The van der Waals surface area contributed by atoms with Crippen LogP contribution in [-0.2, 0) is 22.4 Å². The van der Waals surface area contributed by atoms with Crippen molar-refractivity contribution in [2.24, 2.45) is 0 Å². The molecule has 0 N–H and O–H groups in total. The molecule has 190 valence electrons. The second-order valence-corrected chi connectivity index (χ2v) is 9.56. The Balaban J connectivity index is 2.08. The number of benzene rings is 4. The number of methoxy groups -OCH3 is 2. The van der Waals surface area contributed by atoms with E-state index in [2.05, 4.69) is 32.0 Å². The van der Waals surface area contributed by atoms with E-state index >= 15 is 0 Å². The summed E-state index contributed by atoms with van der Waals surface area (Å²) in [5.74, 6) is -0.0560. The predicted molar refractivity (Wildman–Crippen MR) is 148 cm³/mol. The largest absolute Gasteiger partial charge is 0.496 e. The molecule has 4 aromatic carbocycles. The van der Waals surface area contributed by atoms with Crippen LogP contribution < -0.4 is 9.47 Å². The smallest absolute Gasteiger partial charge is 0.338 e. The zero-order valence-corrected chi connectivity index (χ0v) is 22.5. The molecule has 4 rings (SSSR count). The van der Waals surface area contributed by atoms with Crippen molar-refractivity contribution in [1.29, 1.82) is 0 Å². The monoisotopic (exact) mass is 514 g/mol. The number of rotatable bonds is 8. The van der Waals surface area contributed by atoms with Gasteiger partial charge >= 0.3 is 11.9 Å². The summed E-state index contributed by atoms with van der Waals surface area (Å²) in [6, 6.07) is 21.5. The molecule has 0 aliphatic carbocycles. The maximum absolute atomic E-state index is 13.0. The summed E-state index contributed by atoms with van der Waals surface area (Å²) in [5.41, 5.74) is 4.41. The second-order valence-electron chi connectivity index (χ2n) is 8.51. The molecular weight excluding hydrogens is 484 g/mol. The Labute approximate surface area is 221 Å². The van der Waals surface area contributed by atoms with Crippen molar-refractivity contribution in [3.8, 4) is 22.6 Å². The maximum atomic E-state index is 13.0. The zero-order valence-electron chi connectivity index (χ0n) is 21.7. The molecule has 0 amide bonds. The van der Waals surface area contributed by atoms with Crippen LogP contribution in [0.2, 0.25) is 0 Å². The summed E-state index contributed by atoms with van der Waals surface area (Å²) >= 11 is 1.65. The Morgan fingerprint density at radius 3 is 2.05 bits per heavy atom. The molecule has 0 aliphatic heterocycles. The van der Waals surface area contributed by atoms with E-state index in [9.17, 15) is 9.59 Å². The first kappa shape index (κ1) is 26.3. The summed E-state index contributed by atoms with van der Waals surface area (Å²) in [4.78, 5) is 27.1. The molecule has 0 radical (unpaired) electrons. The standard InChI is InChI=1S/C31H30O5S/c1-6-20-14-11-15-21(7-2)30(20)37-28-18-24-23(16-27(28)34-4)26(36-19(3)32)17-25(31(33)35-5)29(24)22-12-9-8-10-13-22/h8-18H,6-7H2,1-5H3. The van der Waals surface area contributed by atoms with E-state index in [1.54, 1.807) is 24.9 Å². The van der Waals surface area contributed by atoms with E-state index in [0.29, 0.717) is 22.3 Å². The fourth-order valence-corrected chi connectivity index (χ4v) is 5.82. The first-order chi connectivity index (χ1) is 17.9. The summed E-state index contributed by atoms with van der Waals surface area (Å²) in [6.45, 7) is 5.64. The Kier molecular flexibility index (Phi) is 8.19. The lowest BCUT2D eigenvalue weighted by atomic mass is 9.92. The number of esters is 2. The molecule has 0 unspecified atom stereocenters. The van der Waals surface area contributed by atoms with Crippen LogP contribution in [0, 0.1) is 0 Å². The van der Waals surface area contributed by atoms with Crippen LogP contribution in [0.4, 0.5) is 0 Å². The van der Waals surface area contributed by atoms with Gasteiger partial charge in [0.15, 0.2) is 0 Å². The van der Waals surface area contributed by atoms with E-state index in [1.807, 2.05) is 42.5 Å². The Bertz CT molecular complexity index is 1440. The lowest BCUT2D eigenvalue weighted by molar-refractivity contribution is -0.131.